The van der Waals surface area contributed by atoms with E-state index in [0.29, 0.717) is 22.7 Å². The Kier molecular flexibility index (Phi) is 7.18. The van der Waals surface area contributed by atoms with Gasteiger partial charge in [-0.25, -0.2) is 0 Å². The third kappa shape index (κ3) is 4.64. The first-order chi connectivity index (χ1) is 18.4. The first-order valence-corrected chi connectivity index (χ1v) is 13.2. The molecule has 2 aliphatic rings. The monoisotopic (exact) mass is 511 g/mol. The zero-order valence-corrected chi connectivity index (χ0v) is 22.1. The van der Waals surface area contributed by atoms with E-state index >= 15 is 0 Å². The minimum Gasteiger partial charge on any atom is -0.507 e. The van der Waals surface area contributed by atoms with E-state index in [1.165, 1.54) is 24.2 Å². The molecule has 1 atom stereocenters. The number of anilines is 2. The Morgan fingerprint density at radius 3 is 2.32 bits per heavy atom. The Bertz CT molecular complexity index is 1360. The number of aliphatic hydroxyl groups is 1. The molecule has 1 N–H and O–H groups in total. The summed E-state index contributed by atoms with van der Waals surface area (Å²) in [5.41, 5.74) is 3.56. The largest absolute Gasteiger partial charge is 0.507 e. The lowest BCUT2D eigenvalue weighted by Gasteiger charge is -2.30. The van der Waals surface area contributed by atoms with Crippen LogP contribution >= 0.6 is 0 Å². The number of hydrogen-bond donors (Lipinski definition) is 1. The number of carbonyl (C=O) groups excluding carboxylic acids is 2. The van der Waals surface area contributed by atoms with E-state index < -0.39 is 17.7 Å². The van der Waals surface area contributed by atoms with Crippen LogP contribution in [-0.4, -0.2) is 42.0 Å². The van der Waals surface area contributed by atoms with Crippen molar-refractivity contribution in [2.75, 3.05) is 30.0 Å². The molecule has 0 bridgehead atoms. The molecule has 0 spiro atoms. The molecule has 2 saturated heterocycles. The van der Waals surface area contributed by atoms with Crippen molar-refractivity contribution in [3.8, 4) is 5.75 Å². The van der Waals surface area contributed by atoms with E-state index in [-0.39, 0.29) is 17.3 Å². The molecule has 2 aliphatic heterocycles. The van der Waals surface area contributed by atoms with Crippen LogP contribution in [0.2, 0.25) is 0 Å². The molecule has 0 aliphatic carbocycles. The number of nitrogens with zero attached hydrogens (tertiary/aromatic N) is 3. The van der Waals surface area contributed by atoms with Crippen molar-refractivity contribution in [3.05, 3.63) is 89.3 Å². The average Bonchev–Trinajstić information content (AvgIpc) is 3.23. The summed E-state index contributed by atoms with van der Waals surface area (Å²) in [6.45, 7) is 6.08. The van der Waals surface area contributed by atoms with Crippen LogP contribution in [0.25, 0.3) is 5.76 Å². The molecular weight excluding hydrogens is 478 g/mol. The van der Waals surface area contributed by atoms with Gasteiger partial charge in [0.25, 0.3) is 11.7 Å². The van der Waals surface area contributed by atoms with Gasteiger partial charge in [0.1, 0.15) is 17.6 Å². The van der Waals surface area contributed by atoms with Gasteiger partial charge in [0.15, 0.2) is 0 Å². The van der Waals surface area contributed by atoms with Crippen LogP contribution < -0.4 is 14.5 Å². The molecule has 38 heavy (non-hydrogen) atoms. The first kappa shape index (κ1) is 25.5. The van der Waals surface area contributed by atoms with E-state index in [9.17, 15) is 14.7 Å². The van der Waals surface area contributed by atoms with Crippen LogP contribution in [0.15, 0.2) is 72.4 Å². The molecule has 0 saturated carbocycles. The predicted molar refractivity (Wildman–Crippen MR) is 149 cm³/mol. The second kappa shape index (κ2) is 10.7. The molecular formula is C31H33N3O4. The van der Waals surface area contributed by atoms with Crippen LogP contribution in [0.1, 0.15) is 61.9 Å². The number of methoxy groups -OCH3 is 1. The highest BCUT2D eigenvalue weighted by Crippen LogP contribution is 2.42. The fourth-order valence-corrected chi connectivity index (χ4v) is 5.38. The number of pyridine rings is 1. The van der Waals surface area contributed by atoms with Crippen molar-refractivity contribution in [1.29, 1.82) is 0 Å². The lowest BCUT2D eigenvalue weighted by Crippen LogP contribution is -2.31. The lowest BCUT2D eigenvalue weighted by atomic mass is 9.94. The van der Waals surface area contributed by atoms with E-state index in [1.54, 1.807) is 37.6 Å². The fraction of sp³-hybridized carbons (Fsp3) is 0.323. The van der Waals surface area contributed by atoms with Crippen molar-refractivity contribution in [2.24, 2.45) is 0 Å². The maximum absolute atomic E-state index is 13.5. The van der Waals surface area contributed by atoms with E-state index in [1.807, 2.05) is 50.2 Å². The number of aliphatic hydroxyl groups excluding tert-OH is 1. The SMILES string of the molecule is COc1ccc(/C(O)=C2/C(=O)C(=O)N(c3ccc(N4CCCCC4)cc3)C2c2ccccn2)cc1C(C)C. The van der Waals surface area contributed by atoms with Crippen LogP contribution in [0.3, 0.4) is 0 Å². The molecule has 2 fully saturated rings. The summed E-state index contributed by atoms with van der Waals surface area (Å²) in [7, 11) is 1.60. The van der Waals surface area contributed by atoms with Crippen molar-refractivity contribution < 1.29 is 19.4 Å². The fourth-order valence-electron chi connectivity index (χ4n) is 5.38. The van der Waals surface area contributed by atoms with Crippen LogP contribution in [0.5, 0.6) is 5.75 Å². The van der Waals surface area contributed by atoms with Gasteiger partial charge >= 0.3 is 0 Å². The number of amides is 1. The predicted octanol–water partition coefficient (Wildman–Crippen LogP) is 5.83. The number of piperidine rings is 1. The molecule has 1 aromatic heterocycles. The summed E-state index contributed by atoms with van der Waals surface area (Å²) in [5, 5.41) is 11.5. The minimum atomic E-state index is -0.860. The topological polar surface area (TPSA) is 83.0 Å². The highest BCUT2D eigenvalue weighted by molar-refractivity contribution is 6.51. The van der Waals surface area contributed by atoms with E-state index in [4.69, 9.17) is 4.74 Å². The summed E-state index contributed by atoms with van der Waals surface area (Å²) in [4.78, 5) is 35.2. The van der Waals surface area contributed by atoms with Crippen LogP contribution in [0, 0.1) is 0 Å². The molecule has 3 aromatic rings. The van der Waals surface area contributed by atoms with Gasteiger partial charge in [0, 0.05) is 36.2 Å². The second-order valence-electron chi connectivity index (χ2n) is 10.1. The number of hydrogen-bond acceptors (Lipinski definition) is 6. The number of rotatable bonds is 6. The highest BCUT2D eigenvalue weighted by atomic mass is 16.5. The zero-order valence-electron chi connectivity index (χ0n) is 22.1. The zero-order chi connectivity index (χ0) is 26.8. The maximum Gasteiger partial charge on any atom is 0.300 e. The number of carbonyl (C=O) groups is 2. The molecule has 1 amide bonds. The molecule has 196 valence electrons. The molecule has 2 aromatic carbocycles. The second-order valence-corrected chi connectivity index (χ2v) is 10.1. The van der Waals surface area contributed by atoms with Gasteiger partial charge in [0.2, 0.25) is 0 Å². The Labute approximate surface area is 223 Å². The number of ether oxygens (including phenoxy) is 1. The third-order valence-electron chi connectivity index (χ3n) is 7.39. The molecule has 1 unspecified atom stereocenters. The average molecular weight is 512 g/mol. The Morgan fingerprint density at radius 1 is 0.974 bits per heavy atom. The normalized spacial score (nSPS) is 19.3. The molecule has 7 nitrogen and oxygen atoms in total. The van der Waals surface area contributed by atoms with Gasteiger partial charge in [-0.1, -0.05) is 19.9 Å². The maximum atomic E-state index is 13.5. The van der Waals surface area contributed by atoms with Crippen molar-refractivity contribution in [1.82, 2.24) is 4.98 Å². The molecule has 3 heterocycles. The highest BCUT2D eigenvalue weighted by Gasteiger charge is 2.47. The van der Waals surface area contributed by atoms with E-state index in [2.05, 4.69) is 9.88 Å². The number of benzene rings is 2. The van der Waals surface area contributed by atoms with Crippen molar-refractivity contribution >= 4 is 28.8 Å². The van der Waals surface area contributed by atoms with Gasteiger partial charge in [-0.2, -0.15) is 0 Å². The van der Waals surface area contributed by atoms with Crippen LogP contribution in [-0.2, 0) is 9.59 Å². The summed E-state index contributed by atoms with van der Waals surface area (Å²) in [6.07, 6.45) is 5.20. The van der Waals surface area contributed by atoms with E-state index in [0.717, 1.165) is 24.3 Å². The van der Waals surface area contributed by atoms with Gasteiger partial charge < -0.3 is 14.7 Å². The lowest BCUT2D eigenvalue weighted by molar-refractivity contribution is -0.132. The molecule has 0 radical (unpaired) electrons. The number of aromatic nitrogens is 1. The summed E-state index contributed by atoms with van der Waals surface area (Å²) >= 11 is 0. The summed E-state index contributed by atoms with van der Waals surface area (Å²) < 4.78 is 5.48. The minimum absolute atomic E-state index is 0.0219. The Hall–Kier alpha value is -4.13. The smallest absolute Gasteiger partial charge is 0.300 e. The molecule has 7 heteroatoms. The van der Waals surface area contributed by atoms with Crippen molar-refractivity contribution in [3.63, 3.8) is 0 Å². The van der Waals surface area contributed by atoms with Gasteiger partial charge in [-0.05, 0) is 85.3 Å². The standard InChI is InChI=1S/C31H33N3O4/c1-20(2)24-19-21(10-15-26(24)38-3)29(35)27-28(25-9-5-6-16-32-25)34(31(37)30(27)36)23-13-11-22(12-14-23)33-17-7-4-8-18-33/h5-6,9-16,19-20,28,35H,4,7-8,17-18H2,1-3H3/b29-27-. The first-order valence-electron chi connectivity index (χ1n) is 13.2. The van der Waals surface area contributed by atoms with Gasteiger partial charge in [-0.15, -0.1) is 0 Å². The van der Waals surface area contributed by atoms with Gasteiger partial charge in [-0.3, -0.25) is 19.5 Å². The summed E-state index contributed by atoms with van der Waals surface area (Å²) in [6, 6.07) is 17.5. The van der Waals surface area contributed by atoms with Gasteiger partial charge in [0.05, 0.1) is 18.4 Å². The van der Waals surface area contributed by atoms with Crippen molar-refractivity contribution in [2.45, 2.75) is 45.1 Å². The van der Waals surface area contributed by atoms with Crippen LogP contribution in [0.4, 0.5) is 11.4 Å². The Morgan fingerprint density at radius 2 is 1.68 bits per heavy atom. The number of Topliss-reactive ketones (excluding diaryl/α,β-unsaturated/α-hetero) is 1. The number of ketones is 1. The Balaban J connectivity index is 1.60. The quantitative estimate of drug-likeness (QED) is 0.255. The summed E-state index contributed by atoms with van der Waals surface area (Å²) in [5.74, 6) is -0.820. The third-order valence-corrected chi connectivity index (χ3v) is 7.39. The molecule has 5 rings (SSSR count).